The molecule has 6 nitrogen and oxygen atoms in total. The fraction of sp³-hybridized carbons (Fsp3) is 0.438. The summed E-state index contributed by atoms with van der Waals surface area (Å²) in [7, 11) is 0. The zero-order chi connectivity index (χ0) is 14.8. The van der Waals surface area contributed by atoms with Gasteiger partial charge >= 0.3 is 0 Å². The van der Waals surface area contributed by atoms with Gasteiger partial charge in [0.15, 0.2) is 0 Å². The Morgan fingerprint density at radius 1 is 1.23 bits per heavy atom. The van der Waals surface area contributed by atoms with Gasteiger partial charge in [-0.05, 0) is 18.6 Å². The van der Waals surface area contributed by atoms with Gasteiger partial charge in [0.25, 0.3) is 0 Å². The predicted molar refractivity (Wildman–Crippen MR) is 80.8 cm³/mol. The Balaban J connectivity index is 1.40. The Morgan fingerprint density at radius 2 is 2.18 bits per heavy atom. The maximum Gasteiger partial charge on any atom is 0.147 e. The van der Waals surface area contributed by atoms with E-state index in [1.54, 1.807) is 31.0 Å². The molecule has 4 rings (SSSR count). The van der Waals surface area contributed by atoms with Crippen LogP contribution in [0, 0.1) is 0 Å². The summed E-state index contributed by atoms with van der Waals surface area (Å²) in [4.78, 5) is 14.8. The first-order chi connectivity index (χ1) is 10.8. The molecule has 2 atom stereocenters. The molecular weight excluding hydrogens is 280 g/mol. The second kappa shape index (κ2) is 5.53. The summed E-state index contributed by atoms with van der Waals surface area (Å²) in [5.74, 6) is 1.72. The Bertz CT molecular complexity index is 625. The third kappa shape index (κ3) is 2.62. The smallest absolute Gasteiger partial charge is 0.147 e. The Morgan fingerprint density at radius 3 is 3.00 bits per heavy atom. The largest absolute Gasteiger partial charge is 0.486 e. The minimum atomic E-state index is -0.121. The number of nitrogens with zero attached hydrogens (tertiary/aromatic N) is 4. The van der Waals surface area contributed by atoms with Crippen molar-refractivity contribution in [1.29, 1.82) is 0 Å². The van der Waals surface area contributed by atoms with Crippen LogP contribution < -0.4 is 9.64 Å². The molecule has 114 valence electrons. The molecule has 0 N–H and O–H groups in total. The van der Waals surface area contributed by atoms with E-state index in [9.17, 15) is 0 Å². The second-order valence-corrected chi connectivity index (χ2v) is 5.86. The molecule has 1 spiro atoms. The number of aromatic nitrogens is 3. The van der Waals surface area contributed by atoms with E-state index in [2.05, 4.69) is 19.9 Å². The lowest BCUT2D eigenvalue weighted by Gasteiger charge is -2.23. The van der Waals surface area contributed by atoms with E-state index < -0.39 is 0 Å². The molecule has 2 fully saturated rings. The van der Waals surface area contributed by atoms with Gasteiger partial charge in [-0.15, -0.1) is 0 Å². The first-order valence-corrected chi connectivity index (χ1v) is 7.55. The van der Waals surface area contributed by atoms with Crippen LogP contribution in [0.5, 0.6) is 5.75 Å². The standard InChI is InChI=1S/C16H18N4O2/c1-2-13(9-17-4-1)22-14-8-16(21-11-14)3-7-20(12-16)15-10-18-5-6-19-15/h1-2,4-6,9-10,14H,3,7-8,11-12H2/t14-,16-/m1/s1. The molecule has 0 amide bonds. The highest BCUT2D eigenvalue weighted by Gasteiger charge is 2.46. The summed E-state index contributed by atoms with van der Waals surface area (Å²) < 4.78 is 12.1. The van der Waals surface area contributed by atoms with Gasteiger partial charge in [0.1, 0.15) is 17.7 Å². The first-order valence-electron chi connectivity index (χ1n) is 7.55. The molecule has 2 aromatic rings. The molecule has 2 aliphatic heterocycles. The minimum Gasteiger partial charge on any atom is -0.486 e. The molecule has 0 aromatic carbocycles. The minimum absolute atomic E-state index is 0.0889. The van der Waals surface area contributed by atoms with Gasteiger partial charge < -0.3 is 14.4 Å². The topological polar surface area (TPSA) is 60.4 Å². The average Bonchev–Trinajstić information content (AvgIpc) is 3.17. The summed E-state index contributed by atoms with van der Waals surface area (Å²) >= 11 is 0. The summed E-state index contributed by atoms with van der Waals surface area (Å²) in [6.45, 7) is 2.42. The summed E-state index contributed by atoms with van der Waals surface area (Å²) in [5, 5.41) is 0. The van der Waals surface area contributed by atoms with Crippen LogP contribution in [0.15, 0.2) is 43.1 Å². The summed E-state index contributed by atoms with van der Waals surface area (Å²) in [6.07, 6.45) is 10.7. The molecule has 4 heterocycles. The number of hydrogen-bond acceptors (Lipinski definition) is 6. The van der Waals surface area contributed by atoms with Gasteiger partial charge in [-0.1, -0.05) is 0 Å². The van der Waals surface area contributed by atoms with E-state index in [0.717, 1.165) is 37.5 Å². The second-order valence-electron chi connectivity index (χ2n) is 5.86. The summed E-state index contributed by atoms with van der Waals surface area (Å²) in [5.41, 5.74) is -0.121. The third-order valence-electron chi connectivity index (χ3n) is 4.30. The van der Waals surface area contributed by atoms with Crippen molar-refractivity contribution in [3.8, 4) is 5.75 Å². The van der Waals surface area contributed by atoms with E-state index in [1.807, 2.05) is 12.1 Å². The van der Waals surface area contributed by atoms with Crippen LogP contribution in [0.3, 0.4) is 0 Å². The van der Waals surface area contributed by atoms with Gasteiger partial charge in [0.05, 0.1) is 24.6 Å². The number of ether oxygens (including phenoxy) is 2. The van der Waals surface area contributed by atoms with Gasteiger partial charge in [-0.25, -0.2) is 4.98 Å². The zero-order valence-corrected chi connectivity index (χ0v) is 12.3. The van der Waals surface area contributed by atoms with E-state index in [0.29, 0.717) is 6.61 Å². The van der Waals surface area contributed by atoms with Crippen LogP contribution in [-0.2, 0) is 4.74 Å². The SMILES string of the molecule is c1cncc(O[C@H]2CO[C@]3(CCN(c4cnccn4)C3)C2)c1. The quantitative estimate of drug-likeness (QED) is 0.859. The third-order valence-corrected chi connectivity index (χ3v) is 4.30. The van der Waals surface area contributed by atoms with Crippen molar-refractivity contribution in [3.05, 3.63) is 43.1 Å². The number of rotatable bonds is 3. The first kappa shape index (κ1) is 13.5. The number of anilines is 1. The van der Waals surface area contributed by atoms with E-state index in [-0.39, 0.29) is 11.7 Å². The molecule has 2 saturated heterocycles. The van der Waals surface area contributed by atoms with E-state index >= 15 is 0 Å². The van der Waals surface area contributed by atoms with Crippen LogP contribution in [0.1, 0.15) is 12.8 Å². The number of pyridine rings is 1. The van der Waals surface area contributed by atoms with Crippen molar-refractivity contribution in [2.45, 2.75) is 24.5 Å². The van der Waals surface area contributed by atoms with Crippen LogP contribution in [0.25, 0.3) is 0 Å². The Labute approximate surface area is 129 Å². The van der Waals surface area contributed by atoms with Crippen LogP contribution in [-0.4, -0.2) is 46.4 Å². The monoisotopic (exact) mass is 298 g/mol. The predicted octanol–water partition coefficient (Wildman–Crippen LogP) is 1.69. The fourth-order valence-electron chi connectivity index (χ4n) is 3.27. The lowest BCUT2D eigenvalue weighted by molar-refractivity contribution is 0.0195. The molecular formula is C16H18N4O2. The Kier molecular flexibility index (Phi) is 3.38. The van der Waals surface area contributed by atoms with Gasteiger partial charge in [-0.2, -0.15) is 0 Å². The molecule has 2 aromatic heterocycles. The van der Waals surface area contributed by atoms with Crippen molar-refractivity contribution in [3.63, 3.8) is 0 Å². The van der Waals surface area contributed by atoms with Gasteiger partial charge in [0.2, 0.25) is 0 Å². The van der Waals surface area contributed by atoms with Crippen molar-refractivity contribution in [2.75, 3.05) is 24.6 Å². The normalized spacial score (nSPS) is 27.5. The van der Waals surface area contributed by atoms with E-state index in [4.69, 9.17) is 9.47 Å². The maximum atomic E-state index is 6.10. The average molecular weight is 298 g/mol. The Hall–Kier alpha value is -2.21. The van der Waals surface area contributed by atoms with Crippen LogP contribution >= 0.6 is 0 Å². The molecule has 0 saturated carbocycles. The number of hydrogen-bond donors (Lipinski definition) is 0. The molecule has 0 aliphatic carbocycles. The molecule has 0 bridgehead atoms. The molecule has 6 heteroatoms. The van der Waals surface area contributed by atoms with Crippen molar-refractivity contribution >= 4 is 5.82 Å². The van der Waals surface area contributed by atoms with Crippen molar-refractivity contribution in [1.82, 2.24) is 15.0 Å². The molecule has 0 radical (unpaired) electrons. The lowest BCUT2D eigenvalue weighted by atomic mass is 9.98. The zero-order valence-electron chi connectivity index (χ0n) is 12.3. The highest BCUT2D eigenvalue weighted by atomic mass is 16.6. The summed E-state index contributed by atoms with van der Waals surface area (Å²) in [6, 6.07) is 3.81. The van der Waals surface area contributed by atoms with E-state index in [1.165, 1.54) is 0 Å². The molecule has 22 heavy (non-hydrogen) atoms. The lowest BCUT2D eigenvalue weighted by Crippen LogP contribution is -2.33. The molecule has 2 aliphatic rings. The van der Waals surface area contributed by atoms with Gasteiger partial charge in [-0.3, -0.25) is 9.97 Å². The van der Waals surface area contributed by atoms with Crippen LogP contribution in [0.2, 0.25) is 0 Å². The maximum absolute atomic E-state index is 6.10. The highest BCUT2D eigenvalue weighted by molar-refractivity contribution is 5.38. The van der Waals surface area contributed by atoms with Crippen molar-refractivity contribution < 1.29 is 9.47 Å². The molecule has 0 unspecified atom stereocenters. The highest BCUT2D eigenvalue weighted by Crippen LogP contribution is 2.37. The van der Waals surface area contributed by atoms with Gasteiger partial charge in [0, 0.05) is 38.1 Å². The van der Waals surface area contributed by atoms with Crippen LogP contribution in [0.4, 0.5) is 5.82 Å². The fourth-order valence-corrected chi connectivity index (χ4v) is 3.27. The van der Waals surface area contributed by atoms with Crippen molar-refractivity contribution in [2.24, 2.45) is 0 Å².